The highest BCUT2D eigenvalue weighted by Crippen LogP contribution is 2.31. The van der Waals surface area contributed by atoms with Crippen molar-refractivity contribution >= 4 is 35.5 Å². The van der Waals surface area contributed by atoms with E-state index in [-0.39, 0.29) is 52.4 Å². The molecule has 0 aromatic heterocycles. The maximum atomic E-state index is 14.6. The number of unbranched alkanes of at least 4 members (excludes halogenated alkanes) is 6. The summed E-state index contributed by atoms with van der Waals surface area (Å²) >= 11 is 6.25. The third-order valence-corrected chi connectivity index (χ3v) is 7.36. The summed E-state index contributed by atoms with van der Waals surface area (Å²) in [6, 6.07) is 11.2. The van der Waals surface area contributed by atoms with Gasteiger partial charge in [0, 0.05) is 18.2 Å². The Morgan fingerprint density at radius 1 is 0.569 bits per heavy atom. The first-order chi connectivity index (χ1) is 24.6. The van der Waals surface area contributed by atoms with Gasteiger partial charge in [0.25, 0.3) is 0 Å². The molecule has 10 nitrogen and oxygen atoms in total. The summed E-state index contributed by atoms with van der Waals surface area (Å²) in [5.74, 6) is -4.25. The average Bonchev–Trinajstić information content (AvgIpc) is 3.12. The predicted octanol–water partition coefficient (Wildman–Crippen LogP) is 8.39. The molecule has 3 rings (SSSR count). The van der Waals surface area contributed by atoms with E-state index in [1.807, 2.05) is 0 Å². The van der Waals surface area contributed by atoms with Gasteiger partial charge in [-0.15, -0.1) is 0 Å². The van der Waals surface area contributed by atoms with Crippen LogP contribution in [0.2, 0.25) is 5.02 Å². The third kappa shape index (κ3) is 14.3. The van der Waals surface area contributed by atoms with Gasteiger partial charge in [-0.1, -0.05) is 24.8 Å². The van der Waals surface area contributed by atoms with Gasteiger partial charge in [-0.05, 0) is 99.9 Å². The lowest BCUT2D eigenvalue weighted by molar-refractivity contribution is -0.138. The van der Waals surface area contributed by atoms with Gasteiger partial charge >= 0.3 is 23.9 Å². The first-order valence-electron chi connectivity index (χ1n) is 16.3. The van der Waals surface area contributed by atoms with Crippen molar-refractivity contribution in [1.29, 1.82) is 0 Å². The van der Waals surface area contributed by atoms with Crippen LogP contribution in [0.15, 0.2) is 79.9 Å². The van der Waals surface area contributed by atoms with Crippen LogP contribution in [0.3, 0.4) is 0 Å². The Kier molecular flexibility index (Phi) is 17.2. The zero-order valence-electron chi connectivity index (χ0n) is 28.0. The molecule has 0 fully saturated rings. The SMILES string of the molecule is C=CC(=O)OCCCCCCOc1ccc(C(=O)Oc2ccc(OC(=O)c3ccc(OCCCCCCOC(=O)C=C)c(F)c3)c(Cl)c2)cc1F. The maximum absolute atomic E-state index is 14.6. The predicted molar refractivity (Wildman–Crippen MR) is 184 cm³/mol. The molecule has 0 unspecified atom stereocenters. The van der Waals surface area contributed by atoms with E-state index in [0.29, 0.717) is 38.9 Å². The van der Waals surface area contributed by atoms with Crippen molar-refractivity contribution in [2.45, 2.75) is 51.4 Å². The average molecular weight is 729 g/mol. The lowest BCUT2D eigenvalue weighted by Crippen LogP contribution is -2.11. The Morgan fingerprint density at radius 3 is 1.43 bits per heavy atom. The van der Waals surface area contributed by atoms with Crippen LogP contribution in [0, 0.1) is 11.6 Å². The molecule has 0 heterocycles. The molecular weight excluding hydrogens is 690 g/mol. The molecule has 0 N–H and O–H groups in total. The zero-order chi connectivity index (χ0) is 37.0. The van der Waals surface area contributed by atoms with E-state index >= 15 is 0 Å². The van der Waals surface area contributed by atoms with E-state index in [1.54, 1.807) is 0 Å². The Morgan fingerprint density at radius 2 is 1.00 bits per heavy atom. The Hall–Kier alpha value is -5.23. The van der Waals surface area contributed by atoms with Crippen molar-refractivity contribution in [2.24, 2.45) is 0 Å². The van der Waals surface area contributed by atoms with Crippen molar-refractivity contribution in [2.75, 3.05) is 26.4 Å². The summed E-state index contributed by atoms with van der Waals surface area (Å²) in [4.78, 5) is 47.3. The van der Waals surface area contributed by atoms with Crippen LogP contribution in [0.25, 0.3) is 0 Å². The molecule has 272 valence electrons. The number of carbonyl (C=O) groups is 4. The van der Waals surface area contributed by atoms with Crippen LogP contribution in [-0.4, -0.2) is 50.3 Å². The summed E-state index contributed by atoms with van der Waals surface area (Å²) in [5, 5.41) is -0.0688. The Bertz CT molecular complexity index is 1680. The third-order valence-electron chi connectivity index (χ3n) is 7.07. The Balaban J connectivity index is 1.42. The molecule has 0 saturated carbocycles. The van der Waals surface area contributed by atoms with Gasteiger partial charge in [0.05, 0.1) is 42.6 Å². The van der Waals surface area contributed by atoms with Gasteiger partial charge < -0.3 is 28.4 Å². The van der Waals surface area contributed by atoms with Crippen LogP contribution in [0.5, 0.6) is 23.0 Å². The second kappa shape index (κ2) is 21.8. The fraction of sp³-hybridized carbons (Fsp3) is 0.316. The highest BCUT2D eigenvalue weighted by atomic mass is 35.5. The lowest BCUT2D eigenvalue weighted by atomic mass is 10.2. The highest BCUT2D eigenvalue weighted by molar-refractivity contribution is 6.32. The number of ether oxygens (including phenoxy) is 6. The molecule has 0 aliphatic rings. The summed E-state index contributed by atoms with van der Waals surface area (Å²) < 4.78 is 60.6. The van der Waals surface area contributed by atoms with Gasteiger partial charge in [0.1, 0.15) is 11.5 Å². The minimum Gasteiger partial charge on any atom is -0.491 e. The summed E-state index contributed by atoms with van der Waals surface area (Å²) in [5.41, 5.74) is -0.155. The number of hydrogen-bond acceptors (Lipinski definition) is 10. The normalized spacial score (nSPS) is 10.5. The number of esters is 4. The van der Waals surface area contributed by atoms with Crippen molar-refractivity contribution < 1.29 is 56.4 Å². The summed E-state index contributed by atoms with van der Waals surface area (Å²) in [6.45, 7) is 7.79. The zero-order valence-corrected chi connectivity index (χ0v) is 28.7. The molecule has 13 heteroatoms. The maximum Gasteiger partial charge on any atom is 0.343 e. The number of carbonyl (C=O) groups excluding carboxylic acids is 4. The summed E-state index contributed by atoms with van der Waals surface area (Å²) in [7, 11) is 0. The molecule has 0 saturated heterocycles. The molecule has 0 bridgehead atoms. The van der Waals surface area contributed by atoms with E-state index in [1.165, 1.54) is 42.5 Å². The topological polar surface area (TPSA) is 124 Å². The van der Waals surface area contributed by atoms with Crippen LogP contribution in [0.1, 0.15) is 72.1 Å². The molecular formula is C38H39ClF2O10. The van der Waals surface area contributed by atoms with Crippen LogP contribution in [0.4, 0.5) is 8.78 Å². The van der Waals surface area contributed by atoms with E-state index in [4.69, 9.17) is 40.0 Å². The molecule has 0 atom stereocenters. The van der Waals surface area contributed by atoms with Gasteiger partial charge in [-0.25, -0.2) is 28.0 Å². The molecule has 3 aromatic rings. The molecule has 0 amide bonds. The quantitative estimate of drug-likeness (QED) is 0.0431. The van der Waals surface area contributed by atoms with E-state index in [2.05, 4.69) is 13.2 Å². The minimum absolute atomic E-state index is 0.00784. The fourth-order valence-electron chi connectivity index (χ4n) is 4.39. The first-order valence-corrected chi connectivity index (χ1v) is 16.7. The number of halogens is 3. The molecule has 0 spiro atoms. The largest absolute Gasteiger partial charge is 0.491 e. The van der Waals surface area contributed by atoms with E-state index < -0.39 is 35.5 Å². The second-order valence-corrected chi connectivity index (χ2v) is 11.3. The summed E-state index contributed by atoms with van der Waals surface area (Å²) in [6.07, 6.45) is 8.11. The standard InChI is InChI=1S/C38H39ClF2O10/c1-3-35(42)48-21-11-7-5-9-19-46-33-16-13-26(23-30(33)40)37(44)50-28-15-18-32(29(39)25-28)51-38(45)27-14-17-34(31(41)24-27)47-20-10-6-8-12-22-49-36(43)4-2/h3-4,13-18,23-25H,1-2,5-12,19-22H2. The van der Waals surface area contributed by atoms with Crippen molar-refractivity contribution in [3.8, 4) is 23.0 Å². The van der Waals surface area contributed by atoms with Crippen LogP contribution in [-0.2, 0) is 19.1 Å². The first kappa shape index (κ1) is 40.2. The minimum atomic E-state index is -0.881. The van der Waals surface area contributed by atoms with Gasteiger partial charge in [-0.2, -0.15) is 0 Å². The smallest absolute Gasteiger partial charge is 0.343 e. The molecule has 3 aromatic carbocycles. The van der Waals surface area contributed by atoms with Crippen molar-refractivity contribution in [1.82, 2.24) is 0 Å². The number of rotatable bonds is 22. The van der Waals surface area contributed by atoms with E-state index in [9.17, 15) is 28.0 Å². The highest BCUT2D eigenvalue weighted by Gasteiger charge is 2.17. The van der Waals surface area contributed by atoms with Gasteiger partial charge in [0.2, 0.25) is 0 Å². The van der Waals surface area contributed by atoms with Gasteiger partial charge in [-0.3, -0.25) is 0 Å². The molecule has 51 heavy (non-hydrogen) atoms. The monoisotopic (exact) mass is 728 g/mol. The van der Waals surface area contributed by atoms with E-state index in [0.717, 1.165) is 50.0 Å². The van der Waals surface area contributed by atoms with Crippen LogP contribution >= 0.6 is 11.6 Å². The van der Waals surface area contributed by atoms with Crippen LogP contribution < -0.4 is 18.9 Å². The fourth-order valence-corrected chi connectivity index (χ4v) is 4.59. The Labute approximate surface area is 299 Å². The lowest BCUT2D eigenvalue weighted by Gasteiger charge is -2.11. The van der Waals surface area contributed by atoms with Gasteiger partial charge in [0.15, 0.2) is 23.1 Å². The van der Waals surface area contributed by atoms with Crippen molar-refractivity contribution in [3.63, 3.8) is 0 Å². The number of benzene rings is 3. The second-order valence-electron chi connectivity index (χ2n) is 10.9. The number of hydrogen-bond donors (Lipinski definition) is 0. The molecule has 0 aliphatic carbocycles. The van der Waals surface area contributed by atoms with Crippen molar-refractivity contribution in [3.05, 3.63) is 108 Å². The molecule has 0 radical (unpaired) electrons. The molecule has 0 aliphatic heterocycles.